The monoisotopic (exact) mass is 1030 g/mol. The molecule has 12 aromatic rings. The van der Waals surface area contributed by atoms with Gasteiger partial charge >= 0.3 is 11.4 Å². The Morgan fingerprint density at radius 3 is 1.89 bits per heavy atom. The van der Waals surface area contributed by atoms with Crippen LogP contribution < -0.4 is 27.1 Å². The highest BCUT2D eigenvalue weighted by Gasteiger charge is 2.48. The molecule has 364 valence electrons. The van der Waals surface area contributed by atoms with Crippen LogP contribution in [0.15, 0.2) is 196 Å². The van der Waals surface area contributed by atoms with Gasteiger partial charge in [-0.3, -0.25) is 19.6 Å². The third-order valence-corrected chi connectivity index (χ3v) is 15.1. The van der Waals surface area contributed by atoms with Gasteiger partial charge in [0.1, 0.15) is 17.5 Å². The molecule has 2 atom stereocenters. The van der Waals surface area contributed by atoms with E-state index in [-0.39, 0.29) is 17.7 Å². The molecule has 0 bridgehead atoms. The largest absolute Gasteiger partial charge is 0.333 e. The number of nitriles is 1. The number of hydrogen-bond acceptors (Lipinski definition) is 8. The average Bonchev–Trinajstić information content (AvgIpc) is 4.28. The Morgan fingerprint density at radius 1 is 0.592 bits per heavy atom. The van der Waals surface area contributed by atoms with Crippen molar-refractivity contribution < 1.29 is 4.57 Å². The molecule has 0 spiro atoms. The maximum Gasteiger partial charge on any atom is 0.333 e. The van der Waals surface area contributed by atoms with Gasteiger partial charge in [0, 0.05) is 67.7 Å². The van der Waals surface area contributed by atoms with Crippen molar-refractivity contribution in [3.8, 4) is 62.0 Å². The van der Waals surface area contributed by atoms with Crippen LogP contribution in [0.5, 0.6) is 0 Å². The van der Waals surface area contributed by atoms with Crippen molar-refractivity contribution in [2.75, 3.05) is 0 Å². The first kappa shape index (κ1) is 46.2. The van der Waals surface area contributed by atoms with E-state index >= 15 is 0 Å². The highest BCUT2D eigenvalue weighted by atomic mass is 35.5. The molecule has 0 amide bonds. The molecule has 15 heteroatoms. The zero-order valence-electron chi connectivity index (χ0n) is 40.1. The van der Waals surface area contributed by atoms with Crippen molar-refractivity contribution in [1.82, 2.24) is 34.1 Å². The minimum absolute atomic E-state index is 0.00592. The first-order chi connectivity index (χ1) is 37.0. The van der Waals surface area contributed by atoms with Crippen LogP contribution >= 0.6 is 23.2 Å². The molecule has 1 aliphatic carbocycles. The van der Waals surface area contributed by atoms with Gasteiger partial charge in [0.15, 0.2) is 18.4 Å². The Morgan fingerprint density at radius 2 is 1.21 bits per heavy atom. The summed E-state index contributed by atoms with van der Waals surface area (Å²) in [5.41, 5.74) is 7.41. The number of halogens is 2. The normalized spacial score (nSPS) is 14.1. The zero-order chi connectivity index (χ0) is 51.9. The molecule has 0 saturated heterocycles. The smallest absolute Gasteiger partial charge is 0.306 e. The van der Waals surface area contributed by atoms with Crippen molar-refractivity contribution in [1.29, 1.82) is 5.26 Å². The third kappa shape index (κ3) is 7.69. The fraction of sp³-hybridized carbons (Fsp3) is 0.0656. The number of fused-ring (bicyclic) bond motifs is 4. The van der Waals surface area contributed by atoms with E-state index in [0.717, 1.165) is 71.6 Å². The topological polar surface area (TPSA) is 176 Å². The summed E-state index contributed by atoms with van der Waals surface area (Å²) >= 11 is 13.9. The SMILES string of the molecule is Cc1cnc(C#N)cc1-c1cccc(Cl)c1-c1ccc2c(=O)n(-c3c[n+](C4CC4c4cc(-c5cccc(Cl)c5-c5ccc6c(=O)n(-c7cncc8ccccc78)c(=O)[nH]c6c5)ccn4)cc4ccccc34)c(=O)[nH]c2c1. The molecule has 76 heavy (non-hydrogen) atoms. The average molecular weight is 1030 g/mol. The predicted molar refractivity (Wildman–Crippen MR) is 297 cm³/mol. The fourth-order valence-corrected chi connectivity index (χ4v) is 11.3. The van der Waals surface area contributed by atoms with Gasteiger partial charge in [0.05, 0.1) is 45.3 Å². The number of pyridine rings is 4. The summed E-state index contributed by atoms with van der Waals surface area (Å²) in [6.45, 7) is 1.91. The Balaban J connectivity index is 0.837. The summed E-state index contributed by atoms with van der Waals surface area (Å²) in [7, 11) is 0. The Labute approximate surface area is 440 Å². The lowest BCUT2D eigenvalue weighted by molar-refractivity contribution is -0.700. The van der Waals surface area contributed by atoms with E-state index < -0.39 is 22.5 Å². The molecule has 2 unspecified atom stereocenters. The molecule has 13 nitrogen and oxygen atoms in total. The van der Waals surface area contributed by atoms with Crippen molar-refractivity contribution in [3.05, 3.63) is 245 Å². The molecule has 2 N–H and O–H groups in total. The molecule has 1 fully saturated rings. The van der Waals surface area contributed by atoms with Crippen LogP contribution in [0, 0.1) is 18.3 Å². The maximum absolute atomic E-state index is 14.6. The quantitative estimate of drug-likeness (QED) is 0.141. The zero-order valence-corrected chi connectivity index (χ0v) is 41.6. The van der Waals surface area contributed by atoms with Gasteiger partial charge in [-0.25, -0.2) is 23.7 Å². The molecule has 6 aromatic heterocycles. The third-order valence-electron chi connectivity index (χ3n) is 14.4. The highest BCUT2D eigenvalue weighted by Crippen LogP contribution is 2.49. The molecular weight excluding hydrogens is 994 g/mol. The van der Waals surface area contributed by atoms with E-state index in [9.17, 15) is 24.4 Å². The Kier molecular flexibility index (Phi) is 11.0. The Hall–Kier alpha value is -9.61. The second-order valence-electron chi connectivity index (χ2n) is 18.9. The van der Waals surface area contributed by atoms with Gasteiger partial charge in [-0.05, 0) is 107 Å². The first-order valence-electron chi connectivity index (χ1n) is 24.3. The van der Waals surface area contributed by atoms with Gasteiger partial charge in [0.25, 0.3) is 11.1 Å². The molecule has 6 aromatic carbocycles. The van der Waals surface area contributed by atoms with Crippen molar-refractivity contribution in [3.63, 3.8) is 0 Å². The summed E-state index contributed by atoms with van der Waals surface area (Å²) in [5, 5.41) is 14.3. The van der Waals surface area contributed by atoms with Crippen LogP contribution in [0.1, 0.15) is 35.3 Å². The molecule has 1 aliphatic rings. The van der Waals surface area contributed by atoms with E-state index in [1.54, 1.807) is 55.0 Å². The second-order valence-corrected chi connectivity index (χ2v) is 19.7. The number of rotatable bonds is 8. The van der Waals surface area contributed by atoms with Gasteiger partial charge in [-0.15, -0.1) is 0 Å². The predicted octanol–water partition coefficient (Wildman–Crippen LogP) is 11.3. The molecular formula is C61H38Cl2N9O4+. The van der Waals surface area contributed by atoms with Crippen LogP contribution in [0.25, 0.3) is 99.2 Å². The number of benzene rings is 6. The van der Waals surface area contributed by atoms with Crippen molar-refractivity contribution >= 4 is 66.6 Å². The van der Waals surface area contributed by atoms with Crippen LogP contribution in [0.4, 0.5) is 0 Å². The van der Waals surface area contributed by atoms with Crippen molar-refractivity contribution in [2.45, 2.75) is 25.3 Å². The van der Waals surface area contributed by atoms with Crippen LogP contribution in [-0.2, 0) is 0 Å². The summed E-state index contributed by atoms with van der Waals surface area (Å²) in [5.74, 6) is -0.00592. The van der Waals surface area contributed by atoms with Gasteiger partial charge < -0.3 is 9.97 Å². The van der Waals surface area contributed by atoms with Crippen molar-refractivity contribution in [2.24, 2.45) is 0 Å². The minimum atomic E-state index is -0.604. The molecule has 6 heterocycles. The first-order valence-corrected chi connectivity index (χ1v) is 25.0. The van der Waals surface area contributed by atoms with Gasteiger partial charge in [-0.1, -0.05) is 102 Å². The number of H-pyrrole nitrogens is 2. The van der Waals surface area contributed by atoms with Crippen LogP contribution in [0.3, 0.4) is 0 Å². The van der Waals surface area contributed by atoms with E-state index in [1.165, 1.54) is 10.8 Å². The second kappa shape index (κ2) is 18.1. The molecule has 0 radical (unpaired) electrons. The van der Waals surface area contributed by atoms with E-state index in [1.807, 2.05) is 116 Å². The number of aromatic nitrogens is 8. The summed E-state index contributed by atoms with van der Waals surface area (Å²) in [6, 6.07) is 44.7. The number of aromatic amines is 2. The van der Waals surface area contributed by atoms with E-state index in [0.29, 0.717) is 59.9 Å². The Bertz CT molecular complexity index is 4760. The lowest BCUT2D eigenvalue weighted by Crippen LogP contribution is -2.38. The van der Waals surface area contributed by atoms with E-state index in [2.05, 4.69) is 36.6 Å². The number of nitrogens with zero attached hydrogens (tertiary/aromatic N) is 7. The lowest BCUT2D eigenvalue weighted by Gasteiger charge is -2.15. The maximum atomic E-state index is 14.6. The van der Waals surface area contributed by atoms with Crippen LogP contribution in [-0.4, -0.2) is 34.1 Å². The van der Waals surface area contributed by atoms with Gasteiger partial charge in [0.2, 0.25) is 0 Å². The fourth-order valence-electron chi connectivity index (χ4n) is 10.7. The van der Waals surface area contributed by atoms with E-state index in [4.69, 9.17) is 28.2 Å². The number of nitrogens with one attached hydrogen (secondary N) is 2. The number of aryl methyl sites for hydroxylation is 1. The number of hydrogen-bond donors (Lipinski definition) is 2. The molecule has 1 saturated carbocycles. The standard InChI is InChI=1S/C61H37Cl2N9O4/c1-33-28-67-39(27-64)25-46(33)43-13-7-15-49(63)57(43)36-17-19-45-52(24-36)69-61(76)72(59(45)74)55-32-70(31-38-9-3-5-11-41(38)55)53-26-47(53)50-22-34(20-21-66-50)42-12-6-14-48(62)56(42)35-16-18-44-51(23-35)68-60(75)71(58(44)73)54-30-65-29-37-8-2-4-10-40(37)54/h2-25,28-32,47,53H,26H2,1H3,(H-,68,69,73,74,75,76)/p+1. The molecule has 0 aliphatic heterocycles. The molecule has 13 rings (SSSR count). The van der Waals surface area contributed by atoms with Gasteiger partial charge in [-0.2, -0.15) is 9.83 Å². The summed E-state index contributed by atoms with van der Waals surface area (Å²) in [6.07, 6.45) is 11.3. The lowest BCUT2D eigenvalue weighted by atomic mass is 9.92. The summed E-state index contributed by atoms with van der Waals surface area (Å²) in [4.78, 5) is 76.0. The summed E-state index contributed by atoms with van der Waals surface area (Å²) < 4.78 is 4.39. The van der Waals surface area contributed by atoms with Crippen LogP contribution in [0.2, 0.25) is 10.0 Å². The highest BCUT2D eigenvalue weighted by molar-refractivity contribution is 6.34. The minimum Gasteiger partial charge on any atom is -0.306 e.